The highest BCUT2D eigenvalue weighted by atomic mass is 16.4. The predicted molar refractivity (Wildman–Crippen MR) is 83.3 cm³/mol. The molecule has 0 radical (unpaired) electrons. The first-order valence-electron chi connectivity index (χ1n) is 8.20. The molecule has 0 spiro atoms. The Kier molecular flexibility index (Phi) is 10.9. The summed E-state index contributed by atoms with van der Waals surface area (Å²) in [4.78, 5) is 21.7. The highest BCUT2D eigenvalue weighted by Crippen LogP contribution is 2.16. The molecule has 0 amide bonds. The first-order valence-corrected chi connectivity index (χ1v) is 8.20. The van der Waals surface area contributed by atoms with E-state index in [0.717, 1.165) is 19.3 Å². The summed E-state index contributed by atoms with van der Waals surface area (Å²) in [5, 5.41) is 17.7. The van der Waals surface area contributed by atoms with Crippen molar-refractivity contribution in [2.24, 2.45) is 5.73 Å². The molecule has 124 valence electrons. The Bertz CT molecular complexity index is 291. The summed E-state index contributed by atoms with van der Waals surface area (Å²) in [6.07, 6.45) is 12.5. The van der Waals surface area contributed by atoms with Gasteiger partial charge >= 0.3 is 11.9 Å². The maximum absolute atomic E-state index is 10.9. The molecule has 0 aliphatic carbocycles. The zero-order valence-electron chi connectivity index (χ0n) is 13.3. The largest absolute Gasteiger partial charge is 0.479 e. The highest BCUT2D eigenvalue weighted by Gasteiger charge is 2.41. The van der Waals surface area contributed by atoms with Gasteiger partial charge in [0, 0.05) is 0 Å². The van der Waals surface area contributed by atoms with Crippen LogP contribution in [0.25, 0.3) is 0 Å². The van der Waals surface area contributed by atoms with E-state index in [2.05, 4.69) is 6.92 Å². The van der Waals surface area contributed by atoms with Gasteiger partial charge in [-0.25, -0.2) is 9.59 Å². The molecular weight excluding hydrogens is 270 g/mol. The second-order valence-electron chi connectivity index (χ2n) is 5.87. The zero-order valence-corrected chi connectivity index (χ0v) is 13.3. The average Bonchev–Trinajstić information content (AvgIpc) is 2.44. The maximum atomic E-state index is 10.9. The van der Waals surface area contributed by atoms with E-state index in [4.69, 9.17) is 15.9 Å². The van der Waals surface area contributed by atoms with E-state index >= 15 is 0 Å². The molecular formula is C16H31NO4. The SMILES string of the molecule is CCCCCCCCCCCCCC(N)(C(=O)O)C(=O)O. The number of rotatable bonds is 14. The second-order valence-corrected chi connectivity index (χ2v) is 5.87. The summed E-state index contributed by atoms with van der Waals surface area (Å²) in [7, 11) is 0. The fourth-order valence-corrected chi connectivity index (χ4v) is 2.37. The summed E-state index contributed by atoms with van der Waals surface area (Å²) in [5.41, 5.74) is 3.28. The molecule has 0 saturated carbocycles. The van der Waals surface area contributed by atoms with Crippen LogP contribution in [0, 0.1) is 0 Å². The Morgan fingerprint density at radius 3 is 1.43 bits per heavy atom. The van der Waals surface area contributed by atoms with E-state index in [-0.39, 0.29) is 6.42 Å². The van der Waals surface area contributed by atoms with E-state index in [1.165, 1.54) is 44.9 Å². The lowest BCUT2D eigenvalue weighted by molar-refractivity contribution is -0.157. The van der Waals surface area contributed by atoms with Crippen molar-refractivity contribution < 1.29 is 19.8 Å². The van der Waals surface area contributed by atoms with Gasteiger partial charge in [-0.2, -0.15) is 0 Å². The van der Waals surface area contributed by atoms with Crippen molar-refractivity contribution in [3.05, 3.63) is 0 Å². The maximum Gasteiger partial charge on any atom is 0.335 e. The van der Waals surface area contributed by atoms with Crippen LogP contribution in [0.4, 0.5) is 0 Å². The molecule has 0 aliphatic rings. The minimum absolute atomic E-state index is 0.00527. The Morgan fingerprint density at radius 1 is 0.762 bits per heavy atom. The number of carboxylic acid groups (broad SMARTS) is 2. The molecule has 0 bridgehead atoms. The minimum Gasteiger partial charge on any atom is -0.479 e. The average molecular weight is 301 g/mol. The van der Waals surface area contributed by atoms with Gasteiger partial charge in [0.15, 0.2) is 0 Å². The molecule has 4 N–H and O–H groups in total. The van der Waals surface area contributed by atoms with Gasteiger partial charge in [0.1, 0.15) is 0 Å². The van der Waals surface area contributed by atoms with Crippen LogP contribution >= 0.6 is 0 Å². The Labute approximate surface area is 127 Å². The normalized spacial score (nSPS) is 11.5. The molecule has 0 aliphatic heterocycles. The number of nitrogens with two attached hydrogens (primary N) is 1. The lowest BCUT2D eigenvalue weighted by Crippen LogP contribution is -2.54. The molecule has 0 heterocycles. The molecule has 0 fully saturated rings. The monoisotopic (exact) mass is 301 g/mol. The number of carbonyl (C=O) groups is 2. The Morgan fingerprint density at radius 2 is 1.10 bits per heavy atom. The minimum atomic E-state index is -2.13. The van der Waals surface area contributed by atoms with Gasteiger partial charge in [0.25, 0.3) is 0 Å². The summed E-state index contributed by atoms with van der Waals surface area (Å²) >= 11 is 0. The van der Waals surface area contributed by atoms with Crippen LogP contribution in [0.2, 0.25) is 0 Å². The molecule has 0 aromatic carbocycles. The molecule has 0 atom stereocenters. The van der Waals surface area contributed by atoms with Crippen LogP contribution in [0.1, 0.15) is 84.0 Å². The van der Waals surface area contributed by atoms with Gasteiger partial charge in [-0.15, -0.1) is 0 Å². The molecule has 0 aromatic rings. The van der Waals surface area contributed by atoms with Crippen LogP contribution in [-0.4, -0.2) is 27.7 Å². The molecule has 5 nitrogen and oxygen atoms in total. The van der Waals surface area contributed by atoms with E-state index in [9.17, 15) is 9.59 Å². The van der Waals surface area contributed by atoms with Gasteiger partial charge < -0.3 is 15.9 Å². The van der Waals surface area contributed by atoms with Crippen molar-refractivity contribution in [1.82, 2.24) is 0 Å². The number of unbranched alkanes of at least 4 members (excludes halogenated alkanes) is 10. The summed E-state index contributed by atoms with van der Waals surface area (Å²) < 4.78 is 0. The Balaban J connectivity index is 3.51. The first kappa shape index (κ1) is 19.9. The van der Waals surface area contributed by atoms with Crippen molar-refractivity contribution in [3.8, 4) is 0 Å². The lowest BCUT2D eigenvalue weighted by Gasteiger charge is -2.19. The van der Waals surface area contributed by atoms with Crippen molar-refractivity contribution in [3.63, 3.8) is 0 Å². The molecule has 21 heavy (non-hydrogen) atoms. The Hall–Kier alpha value is -1.10. The smallest absolute Gasteiger partial charge is 0.335 e. The van der Waals surface area contributed by atoms with Crippen LogP contribution in [0.15, 0.2) is 0 Å². The highest BCUT2D eigenvalue weighted by molar-refractivity contribution is 6.02. The lowest BCUT2D eigenvalue weighted by atomic mass is 9.93. The van der Waals surface area contributed by atoms with E-state index in [1.54, 1.807) is 0 Å². The number of hydrogen-bond acceptors (Lipinski definition) is 3. The van der Waals surface area contributed by atoms with Crippen molar-refractivity contribution in [2.45, 2.75) is 89.5 Å². The van der Waals surface area contributed by atoms with Gasteiger partial charge in [-0.1, -0.05) is 77.6 Å². The quantitative estimate of drug-likeness (QED) is 0.336. The fourth-order valence-electron chi connectivity index (χ4n) is 2.37. The topological polar surface area (TPSA) is 101 Å². The summed E-state index contributed by atoms with van der Waals surface area (Å²) in [6.45, 7) is 2.21. The molecule has 0 rings (SSSR count). The van der Waals surface area contributed by atoms with E-state index in [0.29, 0.717) is 6.42 Å². The van der Waals surface area contributed by atoms with Crippen LogP contribution in [-0.2, 0) is 9.59 Å². The predicted octanol–water partition coefficient (Wildman–Crippen LogP) is 3.55. The third kappa shape index (κ3) is 8.71. The summed E-state index contributed by atoms with van der Waals surface area (Å²) in [6, 6.07) is 0. The molecule has 0 saturated heterocycles. The van der Waals surface area contributed by atoms with Crippen LogP contribution < -0.4 is 5.73 Å². The first-order chi connectivity index (χ1) is 9.95. The van der Waals surface area contributed by atoms with E-state index < -0.39 is 17.5 Å². The van der Waals surface area contributed by atoms with Crippen LogP contribution in [0.3, 0.4) is 0 Å². The van der Waals surface area contributed by atoms with Gasteiger partial charge in [0.05, 0.1) is 0 Å². The molecule has 0 aromatic heterocycles. The third-order valence-electron chi connectivity index (χ3n) is 3.94. The molecule has 5 heteroatoms. The van der Waals surface area contributed by atoms with Crippen molar-refractivity contribution >= 4 is 11.9 Å². The fraction of sp³-hybridized carbons (Fsp3) is 0.875. The van der Waals surface area contributed by atoms with Crippen LogP contribution in [0.5, 0.6) is 0 Å². The van der Waals surface area contributed by atoms with Gasteiger partial charge in [0.2, 0.25) is 5.54 Å². The van der Waals surface area contributed by atoms with Crippen molar-refractivity contribution in [1.29, 1.82) is 0 Å². The number of hydrogen-bond donors (Lipinski definition) is 3. The third-order valence-corrected chi connectivity index (χ3v) is 3.94. The van der Waals surface area contributed by atoms with Gasteiger partial charge in [-0.3, -0.25) is 0 Å². The molecule has 0 unspecified atom stereocenters. The standard InChI is InChI=1S/C16H31NO4/c1-2-3-4-5-6-7-8-9-10-11-12-13-16(17,14(18)19)15(20)21/h2-13,17H2,1H3,(H,18,19)(H,20,21). The van der Waals surface area contributed by atoms with Gasteiger partial charge in [-0.05, 0) is 6.42 Å². The summed E-state index contributed by atoms with van der Waals surface area (Å²) in [5.74, 6) is -2.91. The second kappa shape index (κ2) is 11.5. The van der Waals surface area contributed by atoms with E-state index in [1.807, 2.05) is 0 Å². The van der Waals surface area contributed by atoms with Crippen molar-refractivity contribution in [2.75, 3.05) is 0 Å². The number of carboxylic acids is 2. The number of aliphatic carboxylic acids is 2. The zero-order chi connectivity index (χ0) is 16.1.